The molecule has 0 saturated heterocycles. The van der Waals surface area contributed by atoms with E-state index in [1.54, 1.807) is 11.3 Å². The molecule has 2 aliphatic carbocycles. The van der Waals surface area contributed by atoms with Gasteiger partial charge in [0.1, 0.15) is 5.60 Å². The van der Waals surface area contributed by atoms with E-state index in [9.17, 15) is 5.11 Å². The molecule has 0 amide bonds. The number of hydrogen-bond acceptors (Lipinski definition) is 3. The second kappa shape index (κ2) is 13.4. The van der Waals surface area contributed by atoms with Crippen LogP contribution in [0.15, 0.2) is 83.2 Å². The number of aliphatic imine (C=N–C) groups is 1. The minimum absolute atomic E-state index is 0. The van der Waals surface area contributed by atoms with Crippen molar-refractivity contribution in [2.45, 2.75) is 18.6 Å². The van der Waals surface area contributed by atoms with Gasteiger partial charge in [0, 0.05) is 22.9 Å². The van der Waals surface area contributed by atoms with Gasteiger partial charge in [-0.15, -0.1) is 11.3 Å². The van der Waals surface area contributed by atoms with E-state index in [-0.39, 0.29) is 23.1 Å². The van der Waals surface area contributed by atoms with Gasteiger partial charge in [0.2, 0.25) is 0 Å². The number of nitrogens with zero attached hydrogens (tertiary/aromatic N) is 1. The fourth-order valence-electron chi connectivity index (χ4n) is 3.92. The molecule has 0 spiro atoms. The summed E-state index contributed by atoms with van der Waals surface area (Å²) >= 11 is 1.67. The smallest absolute Gasteiger partial charge is 0.380 e. The third-order valence-electron chi connectivity index (χ3n) is 5.60. The van der Waals surface area contributed by atoms with Crippen LogP contribution < -0.4 is 0 Å². The molecule has 5 rings (SSSR count). The average Bonchev–Trinajstić information content (AvgIpc) is 3.67. The fourth-order valence-corrected chi connectivity index (χ4v) is 4.51. The van der Waals surface area contributed by atoms with E-state index >= 15 is 0 Å². The van der Waals surface area contributed by atoms with E-state index in [0.717, 1.165) is 27.8 Å². The van der Waals surface area contributed by atoms with Gasteiger partial charge in [0.25, 0.3) is 0 Å². The average molecular weight is 505 g/mol. The molecule has 4 heteroatoms. The quantitative estimate of drug-likeness (QED) is 0.310. The molecule has 1 atom stereocenters. The van der Waals surface area contributed by atoms with Crippen LogP contribution >= 0.6 is 11.3 Å². The van der Waals surface area contributed by atoms with Crippen LogP contribution in [0, 0.1) is 63.2 Å². The topological polar surface area (TPSA) is 32.6 Å². The molecule has 2 saturated carbocycles. The number of hydrogen-bond donors (Lipinski definition) is 1. The Kier molecular flexibility index (Phi) is 10.6. The van der Waals surface area contributed by atoms with Crippen molar-refractivity contribution in [2.75, 3.05) is 0 Å². The van der Waals surface area contributed by atoms with E-state index in [2.05, 4.69) is 19.4 Å². The van der Waals surface area contributed by atoms with Crippen LogP contribution in [0.4, 0.5) is 0 Å². The third-order valence-corrected chi connectivity index (χ3v) is 6.40. The van der Waals surface area contributed by atoms with E-state index in [1.807, 2.05) is 123 Å². The molecule has 2 nitrogen and oxygen atoms in total. The van der Waals surface area contributed by atoms with Crippen LogP contribution in [-0.4, -0.2) is 17.4 Å². The summed E-state index contributed by atoms with van der Waals surface area (Å²) in [5.41, 5.74) is 0.472. The van der Waals surface area contributed by atoms with Crippen molar-refractivity contribution in [3.8, 4) is 0 Å². The predicted molar refractivity (Wildman–Crippen MR) is 138 cm³/mol. The standard InChI is InChI=1S/C25H22NOS.C5H5.Fe/c1-19(26-18-22-14-9-17-28-22)23-15-8-16-24(23)25(27,20-10-4-2-5-11-20)21-12-6-3-7-13-21;1-2-4-5-3-1;/h2-19,27H,1H3;1-5H;/q;;+2/t19-;;/m1../s1. The summed E-state index contributed by atoms with van der Waals surface area (Å²) in [6, 6.07) is 23.7. The Hall–Kier alpha value is -1.71. The molecule has 0 bridgehead atoms. The molecule has 34 heavy (non-hydrogen) atoms. The second-order valence-corrected chi connectivity index (χ2v) is 8.75. The van der Waals surface area contributed by atoms with E-state index in [1.165, 1.54) is 0 Å². The van der Waals surface area contributed by atoms with Gasteiger partial charge in [0.05, 0.1) is 6.04 Å². The molecular weight excluding hydrogens is 478 g/mol. The van der Waals surface area contributed by atoms with Gasteiger partial charge in [-0.05, 0) is 80.9 Å². The molecule has 170 valence electrons. The molecule has 2 aliphatic rings. The largest absolute Gasteiger partial charge is 2.00 e. The van der Waals surface area contributed by atoms with Gasteiger partial charge < -0.3 is 5.11 Å². The maximum atomic E-state index is 12.0. The van der Waals surface area contributed by atoms with Crippen LogP contribution in [-0.2, 0) is 22.7 Å². The third kappa shape index (κ3) is 6.49. The zero-order valence-electron chi connectivity index (χ0n) is 18.9. The van der Waals surface area contributed by atoms with Crippen molar-refractivity contribution in [1.29, 1.82) is 0 Å². The summed E-state index contributed by atoms with van der Waals surface area (Å²) in [6.07, 6.45) is 18.0. The number of thiophene rings is 1. The van der Waals surface area contributed by atoms with Gasteiger partial charge in [-0.25, -0.2) is 0 Å². The summed E-state index contributed by atoms with van der Waals surface area (Å²) in [7, 11) is 0. The first kappa shape index (κ1) is 26.9. The van der Waals surface area contributed by atoms with Crippen molar-refractivity contribution in [3.63, 3.8) is 0 Å². The van der Waals surface area contributed by atoms with Crippen LogP contribution in [0.1, 0.15) is 22.9 Å². The summed E-state index contributed by atoms with van der Waals surface area (Å²) in [6.45, 7) is 2.07. The van der Waals surface area contributed by atoms with E-state index < -0.39 is 5.60 Å². The first-order chi connectivity index (χ1) is 16.2. The van der Waals surface area contributed by atoms with Crippen molar-refractivity contribution >= 4 is 17.6 Å². The predicted octanol–water partition coefficient (Wildman–Crippen LogP) is 6.29. The van der Waals surface area contributed by atoms with Crippen molar-refractivity contribution in [1.82, 2.24) is 0 Å². The Morgan fingerprint density at radius 1 is 0.765 bits per heavy atom. The number of aliphatic hydroxyl groups is 1. The number of benzene rings is 2. The van der Waals surface area contributed by atoms with Crippen molar-refractivity contribution < 1.29 is 22.2 Å². The zero-order chi connectivity index (χ0) is 22.9. The normalized spacial score (nSPS) is 17.8. The first-order valence-electron chi connectivity index (χ1n) is 11.0. The molecule has 0 aliphatic heterocycles. The summed E-state index contributed by atoms with van der Waals surface area (Å²) in [5, 5.41) is 14.1. The Bertz CT molecular complexity index is 922. The number of rotatable bonds is 6. The molecule has 1 aromatic heterocycles. The summed E-state index contributed by atoms with van der Waals surface area (Å²) in [4.78, 5) is 5.87. The maximum absolute atomic E-state index is 12.0. The minimum atomic E-state index is -1.23. The molecule has 1 heterocycles. The zero-order valence-corrected chi connectivity index (χ0v) is 20.9. The Balaban J connectivity index is 0.000000481. The molecule has 2 aromatic carbocycles. The molecule has 1 N–H and O–H groups in total. The van der Waals surface area contributed by atoms with Crippen LogP contribution in [0.25, 0.3) is 0 Å². The molecule has 0 unspecified atom stereocenters. The molecular formula is C30H27FeNOS+2. The van der Waals surface area contributed by atoms with Gasteiger partial charge in [0.15, 0.2) is 0 Å². The fraction of sp³-hybridized carbons (Fsp3) is 0.100. The van der Waals surface area contributed by atoms with Gasteiger partial charge in [-0.1, -0.05) is 66.7 Å². The first-order valence-corrected chi connectivity index (χ1v) is 11.9. The van der Waals surface area contributed by atoms with Crippen molar-refractivity contribution in [3.05, 3.63) is 157 Å². The van der Waals surface area contributed by atoms with Gasteiger partial charge in [-0.2, -0.15) is 0 Å². The van der Waals surface area contributed by atoms with Gasteiger partial charge >= 0.3 is 17.1 Å². The Labute approximate surface area is 220 Å². The van der Waals surface area contributed by atoms with E-state index in [4.69, 9.17) is 4.99 Å². The van der Waals surface area contributed by atoms with Crippen molar-refractivity contribution in [2.24, 2.45) is 4.99 Å². The van der Waals surface area contributed by atoms with Crippen LogP contribution in [0.3, 0.4) is 0 Å². The molecule has 2 fully saturated rings. The van der Waals surface area contributed by atoms with Gasteiger partial charge in [-0.3, -0.25) is 4.99 Å². The Morgan fingerprint density at radius 3 is 1.82 bits per heavy atom. The SMILES string of the molecule is C[C@@H](N=Cc1cccs1)[C]1[CH][CH][CH][C]1C(O)(c1ccccc1)c1ccccc1.[CH]1[CH][CH][CH][CH]1.[Fe+2]. The van der Waals surface area contributed by atoms with Crippen LogP contribution in [0.2, 0.25) is 0 Å². The summed E-state index contributed by atoms with van der Waals surface area (Å²) in [5.74, 6) is 1.91. The Morgan fingerprint density at radius 2 is 1.32 bits per heavy atom. The maximum Gasteiger partial charge on any atom is 2.00 e. The van der Waals surface area contributed by atoms with Crippen LogP contribution in [0.5, 0.6) is 0 Å². The summed E-state index contributed by atoms with van der Waals surface area (Å²) < 4.78 is 0. The minimum Gasteiger partial charge on any atom is -0.380 e. The monoisotopic (exact) mass is 505 g/mol. The molecule has 10 radical (unpaired) electrons. The molecule has 3 aromatic rings. The second-order valence-electron chi connectivity index (χ2n) is 7.77. The van der Waals surface area contributed by atoms with E-state index in [0.29, 0.717) is 0 Å².